The Morgan fingerprint density at radius 2 is 1.97 bits per heavy atom. The third kappa shape index (κ3) is 4.80. The molecule has 4 rings (SSSR count). The van der Waals surface area contributed by atoms with Crippen LogP contribution in [0.4, 0.5) is 0 Å². The van der Waals surface area contributed by atoms with Crippen molar-refractivity contribution in [2.45, 2.75) is 38.3 Å². The Bertz CT molecular complexity index is 1070. The summed E-state index contributed by atoms with van der Waals surface area (Å²) in [6.45, 7) is 3.92. The van der Waals surface area contributed by atoms with Gasteiger partial charge in [0, 0.05) is 18.9 Å². The third-order valence-electron chi connectivity index (χ3n) is 5.48. The summed E-state index contributed by atoms with van der Waals surface area (Å²) >= 11 is 0. The van der Waals surface area contributed by atoms with E-state index in [2.05, 4.69) is 10.3 Å². The molecule has 1 saturated heterocycles. The average Bonchev–Trinajstić information content (AvgIpc) is 3.50. The lowest BCUT2D eigenvalue weighted by Crippen LogP contribution is -2.56. The van der Waals surface area contributed by atoms with Crippen LogP contribution in [0.3, 0.4) is 0 Å². The minimum Gasteiger partial charge on any atom is -0.484 e. The van der Waals surface area contributed by atoms with Gasteiger partial charge < -0.3 is 15.0 Å². The molecule has 2 amide bonds. The highest BCUT2D eigenvalue weighted by Gasteiger charge is 2.39. The van der Waals surface area contributed by atoms with Crippen molar-refractivity contribution in [2.75, 3.05) is 13.2 Å². The zero-order valence-electron chi connectivity index (χ0n) is 18.3. The summed E-state index contributed by atoms with van der Waals surface area (Å²) in [5, 5.41) is 2.82. The lowest BCUT2D eigenvalue weighted by atomic mass is 10.0. The van der Waals surface area contributed by atoms with Crippen LogP contribution in [0.25, 0.3) is 5.82 Å². The van der Waals surface area contributed by atoms with Crippen molar-refractivity contribution in [3.8, 4) is 11.6 Å². The van der Waals surface area contributed by atoms with E-state index in [1.807, 2.05) is 52.1 Å². The number of hydrogen-bond acceptors (Lipinski definition) is 5. The van der Waals surface area contributed by atoms with Crippen LogP contribution in [0.5, 0.6) is 5.75 Å². The summed E-state index contributed by atoms with van der Waals surface area (Å²) in [5.41, 5.74) is -0.238. The zero-order chi connectivity index (χ0) is 22.6. The summed E-state index contributed by atoms with van der Waals surface area (Å²) in [4.78, 5) is 36.5. The molecule has 0 bridgehead atoms. The maximum Gasteiger partial charge on any atom is 0.258 e. The largest absolute Gasteiger partial charge is 0.484 e. The van der Waals surface area contributed by atoms with Crippen LogP contribution in [0, 0.1) is 0 Å². The number of rotatable bonds is 7. The first kappa shape index (κ1) is 21.5. The number of nitrogens with one attached hydrogen (secondary N) is 1. The van der Waals surface area contributed by atoms with Gasteiger partial charge in [0.2, 0.25) is 5.91 Å². The number of aromatic nitrogens is 3. The second kappa shape index (κ2) is 9.21. The van der Waals surface area contributed by atoms with E-state index >= 15 is 0 Å². The maximum atomic E-state index is 13.4. The molecular weight excluding hydrogens is 406 g/mol. The van der Waals surface area contributed by atoms with Crippen molar-refractivity contribution >= 4 is 11.8 Å². The van der Waals surface area contributed by atoms with E-state index in [0.29, 0.717) is 12.3 Å². The Morgan fingerprint density at radius 3 is 2.72 bits per heavy atom. The second-order valence-electron chi connectivity index (χ2n) is 8.32. The molecule has 8 nitrogen and oxygen atoms in total. The molecule has 166 valence electrons. The number of amides is 2. The normalized spacial score (nSPS) is 16.1. The van der Waals surface area contributed by atoms with Crippen LogP contribution in [0.15, 0.2) is 67.3 Å². The Morgan fingerprint density at radius 1 is 1.16 bits per heavy atom. The van der Waals surface area contributed by atoms with Gasteiger partial charge in [0.15, 0.2) is 6.61 Å². The highest BCUT2D eigenvalue weighted by atomic mass is 16.5. The van der Waals surface area contributed by atoms with Gasteiger partial charge in [-0.2, -0.15) is 0 Å². The summed E-state index contributed by atoms with van der Waals surface area (Å²) in [6, 6.07) is 14.8. The number of ether oxygens (including phenoxy) is 1. The Balaban J connectivity index is 1.43. The van der Waals surface area contributed by atoms with E-state index in [-0.39, 0.29) is 24.5 Å². The molecule has 3 aromatic rings. The van der Waals surface area contributed by atoms with Gasteiger partial charge >= 0.3 is 0 Å². The van der Waals surface area contributed by atoms with Gasteiger partial charge in [0.05, 0.1) is 11.7 Å². The van der Waals surface area contributed by atoms with E-state index in [4.69, 9.17) is 9.72 Å². The molecule has 1 atom stereocenters. The van der Waals surface area contributed by atoms with Gasteiger partial charge in [-0.25, -0.2) is 9.97 Å². The number of likely N-dealkylation sites (tertiary alicyclic amines) is 1. The SMILES string of the molecule is CC(C)(NC(=O)COc1ccccc1)C(=O)N1CCC[C@H]1c1cccc(-n2ccnc2)n1. The molecule has 32 heavy (non-hydrogen) atoms. The minimum atomic E-state index is -1.07. The van der Waals surface area contributed by atoms with Gasteiger partial charge in [-0.1, -0.05) is 24.3 Å². The van der Waals surface area contributed by atoms with E-state index < -0.39 is 5.54 Å². The molecule has 0 saturated carbocycles. The summed E-state index contributed by atoms with van der Waals surface area (Å²) in [6.07, 6.45) is 6.94. The standard InChI is InChI=1S/C24H27N5O3/c1-24(2,27-22(30)16-32-18-8-4-3-5-9-18)23(31)29-14-7-11-20(29)19-10-6-12-21(26-19)28-15-13-25-17-28/h3-6,8-10,12-13,15,17,20H,7,11,14,16H2,1-2H3,(H,27,30)/t20-/m0/s1. The zero-order valence-corrected chi connectivity index (χ0v) is 18.3. The quantitative estimate of drug-likeness (QED) is 0.619. The molecular formula is C24H27N5O3. The van der Waals surface area contributed by atoms with Crippen LogP contribution < -0.4 is 10.1 Å². The van der Waals surface area contributed by atoms with Crippen LogP contribution in [0.1, 0.15) is 38.4 Å². The fourth-order valence-corrected chi connectivity index (χ4v) is 3.94. The number of para-hydroxylation sites is 1. The van der Waals surface area contributed by atoms with Gasteiger partial charge in [-0.3, -0.25) is 14.2 Å². The van der Waals surface area contributed by atoms with Crippen molar-refractivity contribution < 1.29 is 14.3 Å². The number of benzene rings is 1. The number of imidazole rings is 1. The molecule has 3 heterocycles. The van der Waals surface area contributed by atoms with Gasteiger partial charge in [0.1, 0.15) is 23.4 Å². The Kier molecular flexibility index (Phi) is 6.20. The fourth-order valence-electron chi connectivity index (χ4n) is 3.94. The Labute approximate surface area is 187 Å². The first-order chi connectivity index (χ1) is 15.4. The first-order valence-electron chi connectivity index (χ1n) is 10.7. The molecule has 1 N–H and O–H groups in total. The van der Waals surface area contributed by atoms with Crippen molar-refractivity contribution in [1.82, 2.24) is 24.8 Å². The van der Waals surface area contributed by atoms with Gasteiger partial charge in [-0.05, 0) is 51.0 Å². The lowest BCUT2D eigenvalue weighted by Gasteiger charge is -2.33. The van der Waals surface area contributed by atoms with Crippen LogP contribution in [-0.2, 0) is 9.59 Å². The van der Waals surface area contributed by atoms with Crippen molar-refractivity contribution in [2.24, 2.45) is 0 Å². The van der Waals surface area contributed by atoms with E-state index in [0.717, 1.165) is 24.4 Å². The molecule has 0 spiro atoms. The third-order valence-corrected chi connectivity index (χ3v) is 5.48. The number of carbonyl (C=O) groups excluding carboxylic acids is 2. The van der Waals surface area contributed by atoms with Crippen LogP contribution >= 0.6 is 0 Å². The highest BCUT2D eigenvalue weighted by molar-refractivity contribution is 5.91. The number of nitrogens with zero attached hydrogens (tertiary/aromatic N) is 4. The molecule has 1 fully saturated rings. The Hall–Kier alpha value is -3.68. The van der Waals surface area contributed by atoms with Crippen molar-refractivity contribution in [3.05, 3.63) is 72.9 Å². The van der Waals surface area contributed by atoms with Gasteiger partial charge in [0.25, 0.3) is 5.91 Å². The monoisotopic (exact) mass is 433 g/mol. The molecule has 2 aromatic heterocycles. The predicted molar refractivity (Wildman–Crippen MR) is 119 cm³/mol. The average molecular weight is 434 g/mol. The minimum absolute atomic E-state index is 0.136. The summed E-state index contributed by atoms with van der Waals surface area (Å²) in [7, 11) is 0. The molecule has 1 aliphatic heterocycles. The van der Waals surface area contributed by atoms with E-state index in [1.165, 1.54) is 0 Å². The number of pyridine rings is 1. The molecule has 0 radical (unpaired) electrons. The van der Waals surface area contributed by atoms with Crippen molar-refractivity contribution in [3.63, 3.8) is 0 Å². The predicted octanol–water partition coefficient (Wildman–Crippen LogP) is 2.90. The smallest absolute Gasteiger partial charge is 0.258 e. The van der Waals surface area contributed by atoms with Gasteiger partial charge in [-0.15, -0.1) is 0 Å². The maximum absolute atomic E-state index is 13.4. The number of carbonyl (C=O) groups is 2. The highest BCUT2D eigenvalue weighted by Crippen LogP contribution is 2.33. The van der Waals surface area contributed by atoms with Crippen molar-refractivity contribution in [1.29, 1.82) is 0 Å². The van der Waals surface area contributed by atoms with E-state index in [9.17, 15) is 9.59 Å². The molecule has 1 aliphatic rings. The molecule has 0 aliphatic carbocycles. The fraction of sp³-hybridized carbons (Fsp3) is 0.333. The molecule has 1 aromatic carbocycles. The lowest BCUT2D eigenvalue weighted by molar-refractivity contribution is -0.141. The molecule has 8 heteroatoms. The van der Waals surface area contributed by atoms with E-state index in [1.54, 1.807) is 38.5 Å². The number of hydrogen-bond donors (Lipinski definition) is 1. The molecule has 0 unspecified atom stereocenters. The topological polar surface area (TPSA) is 89.4 Å². The van der Waals surface area contributed by atoms with Crippen LogP contribution in [-0.4, -0.2) is 49.9 Å². The van der Waals surface area contributed by atoms with Crippen LogP contribution in [0.2, 0.25) is 0 Å². The summed E-state index contributed by atoms with van der Waals surface area (Å²) in [5.74, 6) is 0.881. The summed E-state index contributed by atoms with van der Waals surface area (Å²) < 4.78 is 7.34. The first-order valence-corrected chi connectivity index (χ1v) is 10.7. The second-order valence-corrected chi connectivity index (χ2v) is 8.32.